The molecule has 0 spiro atoms. The van der Waals surface area contributed by atoms with Gasteiger partial charge in [0, 0.05) is 30.6 Å². The number of aliphatic hydroxyl groups excluding tert-OH is 1. The molecule has 1 atom stereocenters. The molecule has 3 rings (SSSR count). The van der Waals surface area contributed by atoms with Gasteiger partial charge < -0.3 is 14.8 Å². The number of carbonyl (C=O) groups excluding carboxylic acids is 1. The minimum atomic E-state index is -0.406. The summed E-state index contributed by atoms with van der Waals surface area (Å²) in [7, 11) is 0. The van der Waals surface area contributed by atoms with Crippen molar-refractivity contribution in [3.8, 4) is 0 Å². The number of pyridine rings is 1. The highest BCUT2D eigenvalue weighted by Crippen LogP contribution is 2.31. The number of aromatic nitrogens is 1. The Kier molecular flexibility index (Phi) is 4.76. The van der Waals surface area contributed by atoms with E-state index in [4.69, 9.17) is 4.42 Å². The molecule has 0 aromatic carbocycles. The molecule has 1 aliphatic carbocycles. The van der Waals surface area contributed by atoms with Crippen LogP contribution in [-0.4, -0.2) is 28.1 Å². The number of rotatable bonds is 5. The molecule has 24 heavy (non-hydrogen) atoms. The van der Waals surface area contributed by atoms with Gasteiger partial charge in [-0.2, -0.15) is 0 Å². The van der Waals surface area contributed by atoms with E-state index in [1.165, 1.54) is 12.1 Å². The number of amides is 1. The van der Waals surface area contributed by atoms with Crippen LogP contribution in [-0.2, 0) is 6.42 Å². The molecule has 0 aliphatic heterocycles. The Hall–Kier alpha value is -2.47. The van der Waals surface area contributed by atoms with E-state index >= 15 is 0 Å². The molecule has 1 fully saturated rings. The lowest BCUT2D eigenvalue weighted by Crippen LogP contribution is -2.48. The summed E-state index contributed by atoms with van der Waals surface area (Å²) in [4.78, 5) is 28.0. The van der Waals surface area contributed by atoms with Gasteiger partial charge in [0.05, 0.1) is 6.10 Å². The summed E-state index contributed by atoms with van der Waals surface area (Å²) in [5.74, 6) is 0.210. The van der Waals surface area contributed by atoms with Crippen LogP contribution in [0.2, 0.25) is 0 Å². The second-order valence-corrected chi connectivity index (χ2v) is 6.29. The van der Waals surface area contributed by atoms with E-state index in [9.17, 15) is 14.7 Å². The summed E-state index contributed by atoms with van der Waals surface area (Å²) in [6.07, 6.45) is 5.08. The normalized spacial score (nSPS) is 20.9. The van der Waals surface area contributed by atoms with Gasteiger partial charge in [0.2, 0.25) is 0 Å². The number of hydrogen-bond donors (Lipinski definition) is 2. The summed E-state index contributed by atoms with van der Waals surface area (Å²) >= 11 is 0. The molecule has 0 unspecified atom stereocenters. The van der Waals surface area contributed by atoms with Gasteiger partial charge >= 0.3 is 0 Å². The SMILES string of the molecule is Cc1cc(=O)cc(C(=O)N[C@H](Cc2ccncc2)C2CC(O)C2)o1. The summed E-state index contributed by atoms with van der Waals surface area (Å²) in [5, 5.41) is 12.5. The first-order chi connectivity index (χ1) is 11.5. The van der Waals surface area contributed by atoms with Crippen LogP contribution in [0, 0.1) is 12.8 Å². The predicted octanol–water partition coefficient (Wildman–Crippen LogP) is 1.46. The summed E-state index contributed by atoms with van der Waals surface area (Å²) < 4.78 is 5.35. The van der Waals surface area contributed by atoms with Gasteiger partial charge in [-0.05, 0) is 49.8 Å². The molecular formula is C18H20N2O4. The van der Waals surface area contributed by atoms with Gasteiger partial charge in [0.15, 0.2) is 11.2 Å². The number of nitrogens with zero attached hydrogens (tertiary/aromatic N) is 1. The van der Waals surface area contributed by atoms with Crippen LogP contribution in [0.4, 0.5) is 0 Å². The number of aliphatic hydroxyl groups is 1. The van der Waals surface area contributed by atoms with E-state index < -0.39 is 5.91 Å². The second-order valence-electron chi connectivity index (χ2n) is 6.29. The molecule has 0 bridgehead atoms. The summed E-state index contributed by atoms with van der Waals surface area (Å²) in [5.41, 5.74) is 0.802. The van der Waals surface area contributed by atoms with E-state index in [1.54, 1.807) is 19.3 Å². The van der Waals surface area contributed by atoms with Crippen LogP contribution in [0.3, 0.4) is 0 Å². The Morgan fingerprint density at radius 1 is 1.38 bits per heavy atom. The lowest BCUT2D eigenvalue weighted by molar-refractivity contribution is 0.0236. The zero-order valence-corrected chi connectivity index (χ0v) is 13.4. The van der Waals surface area contributed by atoms with Crippen molar-refractivity contribution in [2.45, 2.75) is 38.3 Å². The van der Waals surface area contributed by atoms with E-state index in [0.29, 0.717) is 25.0 Å². The molecule has 2 aromatic rings. The summed E-state index contributed by atoms with van der Waals surface area (Å²) in [6.45, 7) is 1.63. The Morgan fingerprint density at radius 3 is 2.71 bits per heavy atom. The molecule has 2 aromatic heterocycles. The third-order valence-electron chi connectivity index (χ3n) is 4.35. The lowest BCUT2D eigenvalue weighted by Gasteiger charge is -2.38. The quantitative estimate of drug-likeness (QED) is 0.867. The van der Waals surface area contributed by atoms with E-state index in [0.717, 1.165) is 5.56 Å². The Bertz CT molecular complexity index is 766. The van der Waals surface area contributed by atoms with Crippen LogP contribution < -0.4 is 10.7 Å². The fourth-order valence-corrected chi connectivity index (χ4v) is 3.02. The van der Waals surface area contributed by atoms with Crippen molar-refractivity contribution in [2.24, 2.45) is 5.92 Å². The molecule has 6 nitrogen and oxygen atoms in total. The number of hydrogen-bond acceptors (Lipinski definition) is 5. The molecular weight excluding hydrogens is 308 g/mol. The van der Waals surface area contributed by atoms with Gasteiger partial charge in [-0.15, -0.1) is 0 Å². The zero-order valence-electron chi connectivity index (χ0n) is 13.4. The van der Waals surface area contributed by atoms with Crippen molar-refractivity contribution in [3.63, 3.8) is 0 Å². The van der Waals surface area contributed by atoms with Crippen molar-refractivity contribution >= 4 is 5.91 Å². The largest absolute Gasteiger partial charge is 0.456 e. The molecule has 1 aliphatic rings. The molecule has 2 N–H and O–H groups in total. The van der Waals surface area contributed by atoms with Crippen LogP contribution in [0.25, 0.3) is 0 Å². The fourth-order valence-electron chi connectivity index (χ4n) is 3.02. The first-order valence-corrected chi connectivity index (χ1v) is 8.01. The third kappa shape index (κ3) is 3.89. The topological polar surface area (TPSA) is 92.4 Å². The third-order valence-corrected chi connectivity index (χ3v) is 4.35. The minimum Gasteiger partial charge on any atom is -0.456 e. The van der Waals surface area contributed by atoms with Crippen LogP contribution in [0.1, 0.15) is 34.7 Å². The maximum atomic E-state index is 12.5. The Labute approximate surface area is 139 Å². The van der Waals surface area contributed by atoms with E-state index in [2.05, 4.69) is 10.3 Å². The lowest BCUT2D eigenvalue weighted by atomic mass is 9.75. The van der Waals surface area contributed by atoms with Crippen molar-refractivity contribution in [3.05, 3.63) is 64.0 Å². The van der Waals surface area contributed by atoms with Crippen molar-refractivity contribution < 1.29 is 14.3 Å². The van der Waals surface area contributed by atoms with Gasteiger partial charge in [-0.3, -0.25) is 14.6 Å². The number of carbonyl (C=O) groups is 1. The van der Waals surface area contributed by atoms with Crippen molar-refractivity contribution in [1.29, 1.82) is 0 Å². The van der Waals surface area contributed by atoms with Crippen LogP contribution in [0.5, 0.6) is 0 Å². The van der Waals surface area contributed by atoms with Crippen molar-refractivity contribution in [1.82, 2.24) is 10.3 Å². The maximum Gasteiger partial charge on any atom is 0.287 e. The highest BCUT2D eigenvalue weighted by atomic mass is 16.3. The van der Waals surface area contributed by atoms with Gasteiger partial charge in [0.25, 0.3) is 5.91 Å². The van der Waals surface area contributed by atoms with E-state index in [-0.39, 0.29) is 29.3 Å². The standard InChI is InChI=1S/C18H20N2O4/c1-11-6-14(21)10-17(24-11)18(23)20-16(13-8-15(22)9-13)7-12-2-4-19-5-3-12/h2-6,10,13,15-16,22H,7-9H2,1H3,(H,20,23)/t13?,15?,16-/m1/s1. The molecule has 2 heterocycles. The minimum absolute atomic E-state index is 0.0135. The van der Waals surface area contributed by atoms with Gasteiger partial charge in [-0.25, -0.2) is 0 Å². The Morgan fingerprint density at radius 2 is 2.08 bits per heavy atom. The smallest absolute Gasteiger partial charge is 0.287 e. The van der Waals surface area contributed by atoms with Crippen LogP contribution >= 0.6 is 0 Å². The first kappa shape index (κ1) is 16.4. The average molecular weight is 328 g/mol. The van der Waals surface area contributed by atoms with Crippen LogP contribution in [0.15, 0.2) is 45.9 Å². The molecule has 6 heteroatoms. The number of aryl methyl sites for hydroxylation is 1. The highest BCUT2D eigenvalue weighted by Gasteiger charge is 2.35. The fraction of sp³-hybridized carbons (Fsp3) is 0.389. The first-order valence-electron chi connectivity index (χ1n) is 8.01. The van der Waals surface area contributed by atoms with Gasteiger partial charge in [-0.1, -0.05) is 0 Å². The molecule has 0 saturated heterocycles. The highest BCUT2D eigenvalue weighted by molar-refractivity contribution is 5.91. The Balaban J connectivity index is 1.75. The summed E-state index contributed by atoms with van der Waals surface area (Å²) in [6, 6.07) is 6.21. The predicted molar refractivity (Wildman–Crippen MR) is 87.6 cm³/mol. The monoisotopic (exact) mass is 328 g/mol. The molecule has 1 saturated carbocycles. The van der Waals surface area contributed by atoms with E-state index in [1.807, 2.05) is 12.1 Å². The zero-order chi connectivity index (χ0) is 17.1. The average Bonchev–Trinajstić information content (AvgIpc) is 2.51. The van der Waals surface area contributed by atoms with Gasteiger partial charge in [0.1, 0.15) is 5.76 Å². The molecule has 126 valence electrons. The maximum absolute atomic E-state index is 12.5. The van der Waals surface area contributed by atoms with Crippen molar-refractivity contribution in [2.75, 3.05) is 0 Å². The second kappa shape index (κ2) is 6.97. The molecule has 1 amide bonds. The number of nitrogens with one attached hydrogen (secondary N) is 1. The molecule has 0 radical (unpaired) electrons.